The largest absolute Gasteiger partial charge is 0.355 e. The topological polar surface area (TPSA) is 16.1 Å². The van der Waals surface area contributed by atoms with E-state index in [4.69, 9.17) is 0 Å². The van der Waals surface area contributed by atoms with Crippen molar-refractivity contribution in [2.24, 2.45) is 5.92 Å². The van der Waals surface area contributed by atoms with E-state index in [1.807, 2.05) is 6.20 Å². The van der Waals surface area contributed by atoms with Crippen LogP contribution in [0.1, 0.15) is 18.9 Å². The molecule has 0 bridgehead atoms. The molecule has 0 saturated carbocycles. The molecule has 1 aliphatic rings. The van der Waals surface area contributed by atoms with Gasteiger partial charge in [-0.1, -0.05) is 22.9 Å². The van der Waals surface area contributed by atoms with Crippen molar-refractivity contribution >= 4 is 37.7 Å². The molecule has 2 atom stereocenters. The van der Waals surface area contributed by atoms with Crippen LogP contribution in [0.25, 0.3) is 0 Å². The molecule has 2 rings (SSSR count). The first-order valence-electron chi connectivity index (χ1n) is 5.59. The van der Waals surface area contributed by atoms with Gasteiger partial charge < -0.3 is 4.90 Å². The number of rotatable bonds is 1. The zero-order valence-electron chi connectivity index (χ0n) is 9.58. The van der Waals surface area contributed by atoms with Gasteiger partial charge in [0.25, 0.3) is 0 Å². The average Bonchev–Trinajstić information content (AvgIpc) is 2.22. The molecular formula is C12H16Br2N2. The number of hydrogen-bond acceptors (Lipinski definition) is 2. The Morgan fingerprint density at radius 2 is 2.25 bits per heavy atom. The standard InChI is InChI=1S/C12H16Br2N2/c1-8-5-11(14)12(15-6-8)16-4-3-10(13)9(2)7-16/h5-6,9-10H,3-4,7H2,1-2H3. The Bertz CT molecular complexity index is 381. The molecule has 2 unspecified atom stereocenters. The zero-order valence-corrected chi connectivity index (χ0v) is 12.8. The molecule has 1 aliphatic heterocycles. The number of hydrogen-bond donors (Lipinski definition) is 0. The number of halogens is 2. The third-order valence-corrected chi connectivity index (χ3v) is 5.00. The summed E-state index contributed by atoms with van der Waals surface area (Å²) in [6.45, 7) is 6.50. The van der Waals surface area contributed by atoms with Gasteiger partial charge in [-0.15, -0.1) is 0 Å². The number of aromatic nitrogens is 1. The van der Waals surface area contributed by atoms with E-state index in [-0.39, 0.29) is 0 Å². The van der Waals surface area contributed by atoms with Crippen LogP contribution in [0, 0.1) is 12.8 Å². The molecule has 0 aliphatic carbocycles. The summed E-state index contributed by atoms with van der Waals surface area (Å²) < 4.78 is 1.10. The highest BCUT2D eigenvalue weighted by atomic mass is 79.9. The van der Waals surface area contributed by atoms with Gasteiger partial charge in [-0.05, 0) is 46.8 Å². The van der Waals surface area contributed by atoms with Crippen molar-refractivity contribution in [1.29, 1.82) is 0 Å². The first-order valence-corrected chi connectivity index (χ1v) is 7.30. The van der Waals surface area contributed by atoms with E-state index in [1.54, 1.807) is 0 Å². The number of piperidine rings is 1. The Kier molecular flexibility index (Phi) is 3.90. The molecule has 1 saturated heterocycles. The van der Waals surface area contributed by atoms with Crippen LogP contribution in [-0.4, -0.2) is 22.9 Å². The van der Waals surface area contributed by atoms with Gasteiger partial charge in [-0.25, -0.2) is 4.98 Å². The molecule has 2 heterocycles. The molecule has 88 valence electrons. The molecule has 4 heteroatoms. The predicted octanol–water partition coefficient (Wildman–Crippen LogP) is 3.76. The SMILES string of the molecule is Cc1cnc(N2CCC(Br)C(C)C2)c(Br)c1. The van der Waals surface area contributed by atoms with Gasteiger partial charge in [0.2, 0.25) is 0 Å². The molecule has 0 spiro atoms. The maximum Gasteiger partial charge on any atom is 0.142 e. The van der Waals surface area contributed by atoms with Gasteiger partial charge in [0.15, 0.2) is 0 Å². The smallest absolute Gasteiger partial charge is 0.142 e. The molecule has 2 nitrogen and oxygen atoms in total. The van der Waals surface area contributed by atoms with Gasteiger partial charge in [-0.3, -0.25) is 0 Å². The Morgan fingerprint density at radius 1 is 1.50 bits per heavy atom. The Labute approximate surface area is 114 Å². The van der Waals surface area contributed by atoms with Gasteiger partial charge in [-0.2, -0.15) is 0 Å². The Hall–Kier alpha value is -0.0900. The Balaban J connectivity index is 2.18. The first kappa shape index (κ1) is 12.4. The van der Waals surface area contributed by atoms with Crippen molar-refractivity contribution in [3.05, 3.63) is 22.3 Å². The minimum absolute atomic E-state index is 0.646. The van der Waals surface area contributed by atoms with E-state index in [9.17, 15) is 0 Å². The molecule has 1 fully saturated rings. The van der Waals surface area contributed by atoms with Crippen LogP contribution in [0.5, 0.6) is 0 Å². The lowest BCUT2D eigenvalue weighted by atomic mass is 10.0. The van der Waals surface area contributed by atoms with Crippen molar-refractivity contribution in [1.82, 2.24) is 4.98 Å². The normalized spacial score (nSPS) is 25.9. The van der Waals surface area contributed by atoms with Crippen molar-refractivity contribution in [2.75, 3.05) is 18.0 Å². The molecule has 0 N–H and O–H groups in total. The fourth-order valence-corrected chi connectivity index (χ4v) is 3.15. The quantitative estimate of drug-likeness (QED) is 0.719. The summed E-state index contributed by atoms with van der Waals surface area (Å²) in [4.78, 5) is 7.54. The van der Waals surface area contributed by atoms with E-state index >= 15 is 0 Å². The first-order chi connectivity index (χ1) is 7.58. The summed E-state index contributed by atoms with van der Waals surface area (Å²) in [5, 5.41) is 0. The van der Waals surface area contributed by atoms with Crippen molar-refractivity contribution < 1.29 is 0 Å². The predicted molar refractivity (Wildman–Crippen MR) is 75.4 cm³/mol. The fraction of sp³-hybridized carbons (Fsp3) is 0.583. The summed E-state index contributed by atoms with van der Waals surface area (Å²) in [5.74, 6) is 1.75. The second-order valence-corrected chi connectivity index (χ2v) is 6.58. The minimum Gasteiger partial charge on any atom is -0.355 e. The summed E-state index contributed by atoms with van der Waals surface area (Å²) >= 11 is 7.33. The maximum atomic E-state index is 4.52. The summed E-state index contributed by atoms with van der Waals surface area (Å²) in [6, 6.07) is 2.13. The lowest BCUT2D eigenvalue weighted by molar-refractivity contribution is 0.463. The zero-order chi connectivity index (χ0) is 11.7. The van der Waals surface area contributed by atoms with Crippen LogP contribution < -0.4 is 4.90 Å². The minimum atomic E-state index is 0.646. The molecule has 1 aromatic rings. The van der Waals surface area contributed by atoms with E-state index in [1.165, 1.54) is 12.0 Å². The number of pyridine rings is 1. The van der Waals surface area contributed by atoms with E-state index in [2.05, 4.69) is 61.7 Å². The number of anilines is 1. The molecule has 16 heavy (non-hydrogen) atoms. The number of aryl methyl sites for hydroxylation is 1. The molecule has 0 aromatic carbocycles. The van der Waals surface area contributed by atoms with Crippen molar-refractivity contribution in [3.8, 4) is 0 Å². The number of alkyl halides is 1. The lowest BCUT2D eigenvalue weighted by Gasteiger charge is -2.35. The summed E-state index contributed by atoms with van der Waals surface area (Å²) in [6.07, 6.45) is 3.12. The number of nitrogens with zero attached hydrogens (tertiary/aromatic N) is 2. The van der Waals surface area contributed by atoms with E-state index < -0.39 is 0 Å². The van der Waals surface area contributed by atoms with Gasteiger partial charge in [0.1, 0.15) is 5.82 Å². The lowest BCUT2D eigenvalue weighted by Crippen LogP contribution is -2.40. The summed E-state index contributed by atoms with van der Waals surface area (Å²) in [5.41, 5.74) is 1.19. The molecule has 0 radical (unpaired) electrons. The second-order valence-electron chi connectivity index (χ2n) is 4.55. The van der Waals surface area contributed by atoms with Gasteiger partial charge >= 0.3 is 0 Å². The van der Waals surface area contributed by atoms with Crippen molar-refractivity contribution in [3.63, 3.8) is 0 Å². The highest BCUT2D eigenvalue weighted by Gasteiger charge is 2.25. The van der Waals surface area contributed by atoms with Crippen LogP contribution in [0.2, 0.25) is 0 Å². The third-order valence-electron chi connectivity index (χ3n) is 3.06. The van der Waals surface area contributed by atoms with Crippen LogP contribution in [0.4, 0.5) is 5.82 Å². The Morgan fingerprint density at radius 3 is 2.88 bits per heavy atom. The monoisotopic (exact) mass is 346 g/mol. The van der Waals surface area contributed by atoms with Crippen molar-refractivity contribution in [2.45, 2.75) is 25.1 Å². The highest BCUT2D eigenvalue weighted by molar-refractivity contribution is 9.10. The van der Waals surface area contributed by atoms with Crippen LogP contribution in [0.3, 0.4) is 0 Å². The van der Waals surface area contributed by atoms with Gasteiger partial charge in [0.05, 0.1) is 4.47 Å². The summed E-state index contributed by atoms with van der Waals surface area (Å²) in [7, 11) is 0. The third kappa shape index (κ3) is 2.59. The van der Waals surface area contributed by atoms with Crippen LogP contribution in [0.15, 0.2) is 16.7 Å². The molecule has 1 aromatic heterocycles. The van der Waals surface area contributed by atoms with Gasteiger partial charge in [0, 0.05) is 24.1 Å². The highest BCUT2D eigenvalue weighted by Crippen LogP contribution is 2.30. The molecular weight excluding hydrogens is 332 g/mol. The maximum absolute atomic E-state index is 4.52. The fourth-order valence-electron chi connectivity index (χ4n) is 2.07. The van der Waals surface area contributed by atoms with Crippen LogP contribution >= 0.6 is 31.9 Å². The van der Waals surface area contributed by atoms with E-state index in [0.29, 0.717) is 10.7 Å². The molecule has 0 amide bonds. The average molecular weight is 348 g/mol. The van der Waals surface area contributed by atoms with E-state index in [0.717, 1.165) is 23.4 Å². The van der Waals surface area contributed by atoms with Crippen LogP contribution in [-0.2, 0) is 0 Å². The second kappa shape index (κ2) is 5.05.